The van der Waals surface area contributed by atoms with Crippen LogP contribution in [0.1, 0.15) is 25.8 Å². The summed E-state index contributed by atoms with van der Waals surface area (Å²) >= 11 is 0. The van der Waals surface area contributed by atoms with Crippen LogP contribution in [-0.2, 0) is 11.3 Å². The van der Waals surface area contributed by atoms with Crippen LogP contribution in [-0.4, -0.2) is 25.6 Å². The molecule has 0 unspecified atom stereocenters. The minimum atomic E-state index is 0.0810. The molecular weight excluding hydrogens is 228 g/mol. The molecule has 1 aromatic carbocycles. The zero-order valence-corrected chi connectivity index (χ0v) is 11.3. The van der Waals surface area contributed by atoms with Crippen molar-refractivity contribution in [2.45, 2.75) is 32.9 Å². The molecule has 1 aromatic rings. The lowest BCUT2D eigenvalue weighted by atomic mass is 10.2. The summed E-state index contributed by atoms with van der Waals surface area (Å²) in [5.74, 6) is 0.953. The van der Waals surface area contributed by atoms with Crippen molar-refractivity contribution in [2.24, 2.45) is 0 Å². The number of benzene rings is 1. The number of carbonyl (C=O) groups excluding carboxylic acids is 1. The van der Waals surface area contributed by atoms with Crippen LogP contribution in [0.25, 0.3) is 0 Å². The zero-order valence-electron chi connectivity index (χ0n) is 11.3. The van der Waals surface area contributed by atoms with Crippen LogP contribution in [0.4, 0.5) is 0 Å². The molecule has 0 aliphatic heterocycles. The van der Waals surface area contributed by atoms with Gasteiger partial charge in [0.25, 0.3) is 0 Å². The van der Waals surface area contributed by atoms with Gasteiger partial charge in [0, 0.05) is 31.1 Å². The molecule has 0 aliphatic rings. The lowest BCUT2D eigenvalue weighted by Gasteiger charge is -2.10. The van der Waals surface area contributed by atoms with Gasteiger partial charge < -0.3 is 15.4 Å². The van der Waals surface area contributed by atoms with E-state index in [4.69, 9.17) is 4.74 Å². The number of amides is 1. The number of rotatable bonds is 7. The van der Waals surface area contributed by atoms with Gasteiger partial charge in [0.15, 0.2) is 0 Å². The molecular formula is C14H22N2O2. The van der Waals surface area contributed by atoms with E-state index in [0.29, 0.717) is 19.5 Å². The van der Waals surface area contributed by atoms with Crippen molar-refractivity contribution in [2.75, 3.05) is 13.7 Å². The van der Waals surface area contributed by atoms with Crippen molar-refractivity contribution in [1.82, 2.24) is 10.6 Å². The zero-order chi connectivity index (χ0) is 13.4. The molecule has 0 fully saturated rings. The molecule has 0 aliphatic carbocycles. The maximum absolute atomic E-state index is 11.4. The molecule has 0 radical (unpaired) electrons. The van der Waals surface area contributed by atoms with E-state index in [-0.39, 0.29) is 11.9 Å². The Morgan fingerprint density at radius 3 is 2.72 bits per heavy atom. The summed E-state index contributed by atoms with van der Waals surface area (Å²) in [4.78, 5) is 11.4. The molecule has 4 nitrogen and oxygen atoms in total. The largest absolute Gasteiger partial charge is 0.496 e. The van der Waals surface area contributed by atoms with E-state index in [1.54, 1.807) is 7.11 Å². The molecule has 0 heterocycles. The Kier molecular flexibility index (Phi) is 6.22. The molecule has 1 amide bonds. The number of ether oxygens (including phenoxy) is 1. The predicted octanol–water partition coefficient (Wildman–Crippen LogP) is 1.70. The number of nitrogens with one attached hydrogen (secondary N) is 2. The lowest BCUT2D eigenvalue weighted by molar-refractivity contribution is -0.121. The van der Waals surface area contributed by atoms with E-state index in [1.807, 2.05) is 38.1 Å². The van der Waals surface area contributed by atoms with E-state index in [1.165, 1.54) is 0 Å². The highest BCUT2D eigenvalue weighted by atomic mass is 16.5. The van der Waals surface area contributed by atoms with Gasteiger partial charge in [-0.3, -0.25) is 4.79 Å². The van der Waals surface area contributed by atoms with Gasteiger partial charge in [-0.15, -0.1) is 0 Å². The van der Waals surface area contributed by atoms with E-state index < -0.39 is 0 Å². The number of methoxy groups -OCH3 is 1. The van der Waals surface area contributed by atoms with E-state index in [2.05, 4.69) is 10.6 Å². The maximum Gasteiger partial charge on any atom is 0.221 e. The molecule has 0 bridgehead atoms. The van der Waals surface area contributed by atoms with Crippen LogP contribution in [0.2, 0.25) is 0 Å². The second-order valence-corrected chi connectivity index (χ2v) is 4.46. The number of hydrogen-bond donors (Lipinski definition) is 2. The minimum Gasteiger partial charge on any atom is -0.496 e. The topological polar surface area (TPSA) is 50.4 Å². The van der Waals surface area contributed by atoms with E-state index in [0.717, 1.165) is 11.3 Å². The van der Waals surface area contributed by atoms with Crippen molar-refractivity contribution >= 4 is 5.91 Å². The average molecular weight is 250 g/mol. The Morgan fingerprint density at radius 1 is 1.33 bits per heavy atom. The third kappa shape index (κ3) is 5.19. The quantitative estimate of drug-likeness (QED) is 0.724. The Morgan fingerprint density at radius 2 is 2.06 bits per heavy atom. The molecule has 0 aromatic heterocycles. The first-order valence-electron chi connectivity index (χ1n) is 6.25. The molecule has 0 atom stereocenters. The van der Waals surface area contributed by atoms with Gasteiger partial charge in [-0.2, -0.15) is 0 Å². The Bertz CT molecular complexity index is 378. The van der Waals surface area contributed by atoms with Crippen molar-refractivity contribution in [3.05, 3.63) is 29.8 Å². The number of carbonyl (C=O) groups is 1. The summed E-state index contributed by atoms with van der Waals surface area (Å²) < 4.78 is 5.26. The molecule has 0 saturated heterocycles. The Balaban J connectivity index is 2.27. The first-order valence-corrected chi connectivity index (χ1v) is 6.25. The molecule has 4 heteroatoms. The molecule has 100 valence electrons. The first kappa shape index (κ1) is 14.5. The Hall–Kier alpha value is -1.55. The minimum absolute atomic E-state index is 0.0810. The van der Waals surface area contributed by atoms with Gasteiger partial charge in [-0.05, 0) is 19.9 Å². The monoisotopic (exact) mass is 250 g/mol. The Labute approximate surface area is 109 Å². The second-order valence-electron chi connectivity index (χ2n) is 4.46. The standard InChI is InChI=1S/C14H22N2O2/c1-11(2)16-14(17)8-9-15-10-12-6-4-5-7-13(12)18-3/h4-7,11,15H,8-10H2,1-3H3,(H,16,17). The van der Waals surface area contributed by atoms with Gasteiger partial charge in [-0.1, -0.05) is 18.2 Å². The third-order valence-electron chi connectivity index (χ3n) is 2.49. The lowest BCUT2D eigenvalue weighted by Crippen LogP contribution is -2.32. The summed E-state index contributed by atoms with van der Waals surface area (Å²) in [6, 6.07) is 8.07. The van der Waals surface area contributed by atoms with Crippen LogP contribution in [0.15, 0.2) is 24.3 Å². The SMILES string of the molecule is COc1ccccc1CNCCC(=O)NC(C)C. The van der Waals surface area contributed by atoms with Gasteiger partial charge >= 0.3 is 0 Å². The van der Waals surface area contributed by atoms with Crippen molar-refractivity contribution < 1.29 is 9.53 Å². The summed E-state index contributed by atoms with van der Waals surface area (Å²) in [5, 5.41) is 6.10. The van der Waals surface area contributed by atoms with Crippen LogP contribution in [0.5, 0.6) is 5.75 Å². The molecule has 1 rings (SSSR count). The fourth-order valence-electron chi connectivity index (χ4n) is 1.67. The highest BCUT2D eigenvalue weighted by Gasteiger charge is 2.04. The smallest absolute Gasteiger partial charge is 0.221 e. The van der Waals surface area contributed by atoms with Crippen LogP contribution >= 0.6 is 0 Å². The van der Waals surface area contributed by atoms with Crippen LogP contribution in [0, 0.1) is 0 Å². The summed E-state index contributed by atoms with van der Waals surface area (Å²) in [6.07, 6.45) is 0.493. The summed E-state index contributed by atoms with van der Waals surface area (Å²) in [7, 11) is 1.66. The molecule has 0 spiro atoms. The normalized spacial score (nSPS) is 10.4. The van der Waals surface area contributed by atoms with Gasteiger partial charge in [-0.25, -0.2) is 0 Å². The van der Waals surface area contributed by atoms with Crippen LogP contribution < -0.4 is 15.4 Å². The summed E-state index contributed by atoms with van der Waals surface area (Å²) in [5.41, 5.74) is 1.10. The van der Waals surface area contributed by atoms with Gasteiger partial charge in [0.2, 0.25) is 5.91 Å². The number of para-hydroxylation sites is 1. The fraction of sp³-hybridized carbons (Fsp3) is 0.500. The highest BCUT2D eigenvalue weighted by Crippen LogP contribution is 2.16. The van der Waals surface area contributed by atoms with Crippen molar-refractivity contribution in [3.63, 3.8) is 0 Å². The van der Waals surface area contributed by atoms with E-state index in [9.17, 15) is 4.79 Å². The second kappa shape index (κ2) is 7.71. The summed E-state index contributed by atoms with van der Waals surface area (Å²) in [6.45, 7) is 5.29. The third-order valence-corrected chi connectivity index (χ3v) is 2.49. The van der Waals surface area contributed by atoms with Crippen molar-refractivity contribution in [1.29, 1.82) is 0 Å². The highest BCUT2D eigenvalue weighted by molar-refractivity contribution is 5.76. The first-order chi connectivity index (χ1) is 8.63. The number of hydrogen-bond acceptors (Lipinski definition) is 3. The van der Waals surface area contributed by atoms with Gasteiger partial charge in [0.1, 0.15) is 5.75 Å². The fourth-order valence-corrected chi connectivity index (χ4v) is 1.67. The van der Waals surface area contributed by atoms with E-state index >= 15 is 0 Å². The average Bonchev–Trinajstić information content (AvgIpc) is 2.34. The molecule has 18 heavy (non-hydrogen) atoms. The molecule has 0 saturated carbocycles. The predicted molar refractivity (Wildman–Crippen MR) is 72.6 cm³/mol. The van der Waals surface area contributed by atoms with Crippen molar-refractivity contribution in [3.8, 4) is 5.75 Å². The maximum atomic E-state index is 11.4. The van der Waals surface area contributed by atoms with Gasteiger partial charge in [0.05, 0.1) is 7.11 Å². The molecule has 2 N–H and O–H groups in total. The van der Waals surface area contributed by atoms with Crippen LogP contribution in [0.3, 0.4) is 0 Å².